The van der Waals surface area contributed by atoms with Crippen LogP contribution in [0.2, 0.25) is 0 Å². The second-order valence-corrected chi connectivity index (χ2v) is 7.97. The van der Waals surface area contributed by atoms with E-state index in [9.17, 15) is 14.7 Å². The summed E-state index contributed by atoms with van der Waals surface area (Å²) in [5.74, 6) is -0.200. The number of hydrogen-bond donors (Lipinski definition) is 2. The number of carbonyl (C=O) groups is 2. The molecule has 10 heteroatoms. The fourth-order valence-corrected chi connectivity index (χ4v) is 4.21. The number of aryl methyl sites for hydroxylation is 1. The molecule has 3 aromatic heterocycles. The van der Waals surface area contributed by atoms with Crippen LogP contribution in [-0.4, -0.2) is 65.3 Å². The molecule has 164 valence electrons. The van der Waals surface area contributed by atoms with Crippen molar-refractivity contribution >= 4 is 23.2 Å². The van der Waals surface area contributed by atoms with E-state index in [4.69, 9.17) is 10.7 Å². The Balaban J connectivity index is 1.75. The minimum absolute atomic E-state index is 0.0228. The molecule has 0 bridgehead atoms. The molecule has 0 aliphatic carbocycles. The summed E-state index contributed by atoms with van der Waals surface area (Å²) in [5.41, 5.74) is 9.67. The SMILES string of the molecule is CCn1cc(-c2cnn3c(N)c(C(C)=O)c(C4CCN(C(=O)C(C)O)CC4)nc23)cn1. The molecule has 4 rings (SSSR count). The summed E-state index contributed by atoms with van der Waals surface area (Å²) in [4.78, 5) is 31.1. The summed E-state index contributed by atoms with van der Waals surface area (Å²) in [7, 11) is 0. The van der Waals surface area contributed by atoms with Crippen molar-refractivity contribution in [2.24, 2.45) is 0 Å². The average Bonchev–Trinajstić information content (AvgIpc) is 3.39. The van der Waals surface area contributed by atoms with E-state index in [-0.39, 0.29) is 23.4 Å². The molecule has 3 N–H and O–H groups in total. The highest BCUT2D eigenvalue weighted by atomic mass is 16.3. The van der Waals surface area contributed by atoms with Gasteiger partial charge >= 0.3 is 0 Å². The van der Waals surface area contributed by atoms with Crippen molar-refractivity contribution in [1.29, 1.82) is 0 Å². The number of likely N-dealkylation sites (tertiary alicyclic amines) is 1. The zero-order valence-corrected chi connectivity index (χ0v) is 17.9. The molecule has 1 saturated heterocycles. The summed E-state index contributed by atoms with van der Waals surface area (Å²) >= 11 is 0. The maximum atomic E-state index is 12.5. The number of aromatic nitrogens is 5. The van der Waals surface area contributed by atoms with Crippen molar-refractivity contribution in [3.63, 3.8) is 0 Å². The van der Waals surface area contributed by atoms with Gasteiger partial charge in [-0.15, -0.1) is 0 Å². The number of rotatable bonds is 5. The maximum absolute atomic E-state index is 12.5. The van der Waals surface area contributed by atoms with Crippen LogP contribution in [0.3, 0.4) is 0 Å². The van der Waals surface area contributed by atoms with Crippen molar-refractivity contribution in [2.75, 3.05) is 18.8 Å². The molecule has 1 atom stereocenters. The third-order valence-corrected chi connectivity index (χ3v) is 5.88. The van der Waals surface area contributed by atoms with Gasteiger partial charge in [0.15, 0.2) is 11.4 Å². The van der Waals surface area contributed by atoms with E-state index >= 15 is 0 Å². The Kier molecular flexibility index (Phi) is 5.48. The number of nitrogens with zero attached hydrogens (tertiary/aromatic N) is 6. The van der Waals surface area contributed by atoms with Gasteiger partial charge in [0.25, 0.3) is 5.91 Å². The molecule has 1 unspecified atom stereocenters. The van der Waals surface area contributed by atoms with Gasteiger partial charge in [0, 0.05) is 42.9 Å². The Labute approximate surface area is 179 Å². The number of nitrogens with two attached hydrogens (primary N) is 1. The number of carbonyl (C=O) groups excluding carboxylic acids is 2. The van der Waals surface area contributed by atoms with Crippen LogP contribution < -0.4 is 5.73 Å². The zero-order chi connectivity index (χ0) is 22.3. The lowest BCUT2D eigenvalue weighted by Gasteiger charge is -2.33. The number of nitrogen functional groups attached to an aromatic ring is 1. The molecular weight excluding hydrogens is 398 g/mol. The number of anilines is 1. The van der Waals surface area contributed by atoms with Crippen LogP contribution in [0.4, 0.5) is 5.82 Å². The van der Waals surface area contributed by atoms with E-state index in [1.165, 1.54) is 18.4 Å². The number of aliphatic hydroxyl groups is 1. The molecule has 1 amide bonds. The molecule has 3 aromatic rings. The number of piperidine rings is 1. The Morgan fingerprint density at radius 3 is 2.55 bits per heavy atom. The van der Waals surface area contributed by atoms with E-state index < -0.39 is 6.10 Å². The first-order valence-electron chi connectivity index (χ1n) is 10.5. The van der Waals surface area contributed by atoms with Crippen molar-refractivity contribution in [1.82, 2.24) is 29.3 Å². The predicted octanol–water partition coefficient (Wildman–Crippen LogP) is 1.48. The van der Waals surface area contributed by atoms with Crippen molar-refractivity contribution in [3.05, 3.63) is 29.8 Å². The monoisotopic (exact) mass is 425 g/mol. The minimum atomic E-state index is -1.02. The second-order valence-electron chi connectivity index (χ2n) is 7.97. The molecule has 4 heterocycles. The Morgan fingerprint density at radius 2 is 1.97 bits per heavy atom. The van der Waals surface area contributed by atoms with Gasteiger partial charge < -0.3 is 15.7 Å². The standard InChI is InChI=1S/C21H27N7O3/c1-4-27-11-15(9-23-27)16-10-24-28-19(22)17(12(2)29)18(25-20(16)28)14-5-7-26(8-6-14)21(31)13(3)30/h9-11,13-14,30H,4-8,22H2,1-3H3. The van der Waals surface area contributed by atoms with Crippen LogP contribution in [0.15, 0.2) is 18.6 Å². The lowest BCUT2D eigenvalue weighted by atomic mass is 9.89. The van der Waals surface area contributed by atoms with Crippen LogP contribution in [0, 0.1) is 0 Å². The van der Waals surface area contributed by atoms with E-state index in [0.29, 0.717) is 42.8 Å². The Hall–Kier alpha value is -3.27. The van der Waals surface area contributed by atoms with Crippen molar-refractivity contribution in [2.45, 2.75) is 52.2 Å². The first-order valence-corrected chi connectivity index (χ1v) is 10.5. The fourth-order valence-electron chi connectivity index (χ4n) is 4.21. The summed E-state index contributed by atoms with van der Waals surface area (Å²) in [6, 6.07) is 0. The van der Waals surface area contributed by atoms with Crippen LogP contribution in [-0.2, 0) is 11.3 Å². The quantitative estimate of drug-likeness (QED) is 0.592. The number of ketones is 1. The van der Waals surface area contributed by atoms with Gasteiger partial charge in [-0.05, 0) is 33.6 Å². The zero-order valence-electron chi connectivity index (χ0n) is 17.9. The third-order valence-electron chi connectivity index (χ3n) is 5.88. The van der Waals surface area contributed by atoms with Crippen LogP contribution in [0.1, 0.15) is 55.6 Å². The molecule has 1 fully saturated rings. The first-order chi connectivity index (χ1) is 14.8. The van der Waals surface area contributed by atoms with Gasteiger partial charge in [-0.1, -0.05) is 0 Å². The minimum Gasteiger partial charge on any atom is -0.384 e. The van der Waals surface area contributed by atoms with Crippen LogP contribution in [0.25, 0.3) is 16.8 Å². The largest absolute Gasteiger partial charge is 0.384 e. The third kappa shape index (κ3) is 3.67. The average molecular weight is 425 g/mol. The van der Waals surface area contributed by atoms with E-state index in [0.717, 1.165) is 17.7 Å². The van der Waals surface area contributed by atoms with Gasteiger partial charge in [-0.2, -0.15) is 14.7 Å². The van der Waals surface area contributed by atoms with Gasteiger partial charge in [0.05, 0.1) is 23.7 Å². The summed E-state index contributed by atoms with van der Waals surface area (Å²) in [6.07, 6.45) is 5.63. The normalized spacial score (nSPS) is 16.1. The Bertz CT molecular complexity index is 1140. The predicted molar refractivity (Wildman–Crippen MR) is 115 cm³/mol. The van der Waals surface area contributed by atoms with Gasteiger partial charge in [0.2, 0.25) is 0 Å². The molecule has 0 saturated carbocycles. The first kappa shape index (κ1) is 21.0. The number of amides is 1. The molecule has 1 aliphatic rings. The van der Waals surface area contributed by atoms with Crippen LogP contribution >= 0.6 is 0 Å². The number of fused-ring (bicyclic) bond motifs is 1. The Morgan fingerprint density at radius 1 is 1.26 bits per heavy atom. The summed E-state index contributed by atoms with van der Waals surface area (Å²) in [6.45, 7) is 6.69. The smallest absolute Gasteiger partial charge is 0.251 e. The second kappa shape index (κ2) is 8.10. The fraction of sp³-hybridized carbons (Fsp3) is 0.476. The van der Waals surface area contributed by atoms with E-state index in [1.54, 1.807) is 17.3 Å². The highest BCUT2D eigenvalue weighted by molar-refractivity contribution is 6.00. The molecule has 0 radical (unpaired) electrons. The highest BCUT2D eigenvalue weighted by Crippen LogP contribution is 2.34. The van der Waals surface area contributed by atoms with E-state index in [2.05, 4.69) is 10.2 Å². The topological polar surface area (TPSA) is 132 Å². The van der Waals surface area contributed by atoms with Gasteiger partial charge in [0.1, 0.15) is 11.9 Å². The number of aliphatic hydroxyl groups excluding tert-OH is 1. The highest BCUT2D eigenvalue weighted by Gasteiger charge is 2.31. The maximum Gasteiger partial charge on any atom is 0.251 e. The van der Waals surface area contributed by atoms with E-state index in [1.807, 2.05) is 17.8 Å². The summed E-state index contributed by atoms with van der Waals surface area (Å²) < 4.78 is 3.33. The molecule has 10 nitrogen and oxygen atoms in total. The molecule has 0 aromatic carbocycles. The number of hydrogen-bond acceptors (Lipinski definition) is 7. The summed E-state index contributed by atoms with van der Waals surface area (Å²) in [5, 5.41) is 18.3. The van der Waals surface area contributed by atoms with Gasteiger partial charge in [-0.3, -0.25) is 14.3 Å². The molecule has 0 spiro atoms. The lowest BCUT2D eigenvalue weighted by molar-refractivity contribution is -0.140. The van der Waals surface area contributed by atoms with Gasteiger partial charge in [-0.25, -0.2) is 4.98 Å². The molecule has 31 heavy (non-hydrogen) atoms. The lowest BCUT2D eigenvalue weighted by Crippen LogP contribution is -2.42. The molecule has 1 aliphatic heterocycles. The molecular formula is C21H27N7O3. The van der Waals surface area contributed by atoms with Crippen LogP contribution in [0.5, 0.6) is 0 Å². The van der Waals surface area contributed by atoms with Crippen molar-refractivity contribution < 1.29 is 14.7 Å². The number of Topliss-reactive ketones (excluding diaryl/α,β-unsaturated/α-hetero) is 1. The van der Waals surface area contributed by atoms with Crippen molar-refractivity contribution in [3.8, 4) is 11.1 Å².